The van der Waals surface area contributed by atoms with E-state index in [2.05, 4.69) is 15.5 Å². The molecule has 168 valence electrons. The van der Waals surface area contributed by atoms with Gasteiger partial charge in [-0.1, -0.05) is 23.7 Å². The molecule has 1 saturated heterocycles. The van der Waals surface area contributed by atoms with Crippen LogP contribution in [-0.4, -0.2) is 48.5 Å². The van der Waals surface area contributed by atoms with E-state index in [1.165, 1.54) is 35.7 Å². The molecule has 0 radical (unpaired) electrons. The first-order valence-electron chi connectivity index (χ1n) is 10.3. The zero-order valence-electron chi connectivity index (χ0n) is 17.8. The van der Waals surface area contributed by atoms with Gasteiger partial charge in [-0.05, 0) is 56.2 Å². The first kappa shape index (κ1) is 22.0. The number of benzene rings is 2. The molecule has 0 aliphatic carbocycles. The van der Waals surface area contributed by atoms with Gasteiger partial charge in [-0.2, -0.15) is 4.31 Å². The lowest BCUT2D eigenvalue weighted by Gasteiger charge is -2.32. The van der Waals surface area contributed by atoms with Crippen molar-refractivity contribution in [3.63, 3.8) is 0 Å². The third kappa shape index (κ3) is 4.37. The van der Waals surface area contributed by atoms with Crippen molar-refractivity contribution < 1.29 is 22.4 Å². The van der Waals surface area contributed by atoms with Crippen LogP contribution in [0.3, 0.4) is 0 Å². The van der Waals surface area contributed by atoms with Gasteiger partial charge in [0.25, 0.3) is 11.8 Å². The Labute approximate surface area is 186 Å². The van der Waals surface area contributed by atoms with E-state index in [1.54, 1.807) is 18.2 Å². The quantitative estimate of drug-likeness (QED) is 0.603. The van der Waals surface area contributed by atoms with E-state index in [1.807, 2.05) is 13.0 Å². The molecule has 32 heavy (non-hydrogen) atoms. The van der Waals surface area contributed by atoms with Crippen LogP contribution in [0.25, 0.3) is 11.5 Å². The molecule has 1 N–H and O–H groups in total. The average Bonchev–Trinajstić information content (AvgIpc) is 3.27. The van der Waals surface area contributed by atoms with Crippen molar-refractivity contribution in [3.05, 3.63) is 54.1 Å². The summed E-state index contributed by atoms with van der Waals surface area (Å²) in [5.41, 5.74) is 0.872. The van der Waals surface area contributed by atoms with Crippen LogP contribution in [0.15, 0.2) is 57.8 Å². The molecule has 0 unspecified atom stereocenters. The molecular formula is C22H24N4O5S. The molecular weight excluding hydrogens is 432 g/mol. The van der Waals surface area contributed by atoms with Gasteiger partial charge in [0.1, 0.15) is 5.75 Å². The Kier molecular flexibility index (Phi) is 6.24. The summed E-state index contributed by atoms with van der Waals surface area (Å²) in [6.45, 7) is 2.43. The van der Waals surface area contributed by atoms with E-state index in [0.29, 0.717) is 17.9 Å². The van der Waals surface area contributed by atoms with Crippen molar-refractivity contribution in [1.82, 2.24) is 14.5 Å². The maximum Gasteiger partial charge on any atom is 0.322 e. The minimum Gasteiger partial charge on any atom is -0.496 e. The van der Waals surface area contributed by atoms with Crippen molar-refractivity contribution in [2.75, 3.05) is 19.0 Å². The summed E-state index contributed by atoms with van der Waals surface area (Å²) in [6, 6.07) is 12.9. The number of aromatic nitrogens is 2. The first-order valence-corrected chi connectivity index (χ1v) is 11.7. The summed E-state index contributed by atoms with van der Waals surface area (Å²) < 4.78 is 38.2. The number of sulfonamides is 1. The van der Waals surface area contributed by atoms with Crippen LogP contribution in [-0.2, 0) is 10.0 Å². The molecule has 1 aliphatic rings. The number of methoxy groups -OCH3 is 1. The Balaban J connectivity index is 1.47. The molecule has 2 aromatic carbocycles. The molecule has 3 aromatic rings. The molecule has 1 aromatic heterocycles. The second-order valence-corrected chi connectivity index (χ2v) is 9.44. The highest BCUT2D eigenvalue weighted by Crippen LogP contribution is 2.29. The van der Waals surface area contributed by atoms with Crippen LogP contribution in [0, 0.1) is 0 Å². The van der Waals surface area contributed by atoms with Crippen molar-refractivity contribution in [2.45, 2.75) is 37.1 Å². The van der Waals surface area contributed by atoms with Crippen molar-refractivity contribution >= 4 is 21.9 Å². The van der Waals surface area contributed by atoms with Crippen LogP contribution in [0.2, 0.25) is 0 Å². The number of amides is 1. The predicted molar refractivity (Wildman–Crippen MR) is 118 cm³/mol. The SMILES string of the molecule is COc1ccccc1-c1nnc(NC(=O)c2ccc(S(=O)(=O)N3CCCC[C@H]3C)cc2)o1. The zero-order valence-corrected chi connectivity index (χ0v) is 18.6. The molecule has 1 amide bonds. The molecule has 1 aliphatic heterocycles. The lowest BCUT2D eigenvalue weighted by molar-refractivity contribution is 0.102. The third-order valence-corrected chi connectivity index (χ3v) is 7.48. The summed E-state index contributed by atoms with van der Waals surface area (Å²) in [5, 5.41) is 10.3. The number of nitrogens with one attached hydrogen (secondary N) is 1. The topological polar surface area (TPSA) is 115 Å². The zero-order chi connectivity index (χ0) is 22.7. The van der Waals surface area contributed by atoms with Crippen molar-refractivity contribution in [3.8, 4) is 17.2 Å². The predicted octanol–water partition coefficient (Wildman–Crippen LogP) is 3.56. The number of ether oxygens (including phenoxy) is 1. The molecule has 1 atom stereocenters. The number of carbonyl (C=O) groups is 1. The van der Waals surface area contributed by atoms with E-state index in [-0.39, 0.29) is 28.4 Å². The van der Waals surface area contributed by atoms with Gasteiger partial charge < -0.3 is 9.15 Å². The van der Waals surface area contributed by atoms with E-state index in [4.69, 9.17) is 9.15 Å². The van der Waals surface area contributed by atoms with Gasteiger partial charge in [-0.3, -0.25) is 10.1 Å². The summed E-state index contributed by atoms with van der Waals surface area (Å²) in [4.78, 5) is 12.7. The minimum absolute atomic E-state index is 0.0355. The summed E-state index contributed by atoms with van der Waals surface area (Å²) in [5.74, 6) is 0.277. The second kappa shape index (κ2) is 9.09. The lowest BCUT2D eigenvalue weighted by atomic mass is 10.1. The van der Waals surface area contributed by atoms with Gasteiger partial charge in [-0.25, -0.2) is 8.42 Å². The molecule has 0 saturated carbocycles. The number of para-hydroxylation sites is 1. The Morgan fingerprint density at radius 2 is 1.88 bits per heavy atom. The van der Waals surface area contributed by atoms with E-state index in [9.17, 15) is 13.2 Å². The van der Waals surface area contributed by atoms with Gasteiger partial charge in [0.2, 0.25) is 10.0 Å². The Morgan fingerprint density at radius 3 is 2.59 bits per heavy atom. The Hall–Kier alpha value is -3.24. The van der Waals surface area contributed by atoms with Crippen LogP contribution in [0.4, 0.5) is 6.01 Å². The van der Waals surface area contributed by atoms with Crippen LogP contribution in [0.1, 0.15) is 36.5 Å². The molecule has 0 spiro atoms. The molecule has 2 heterocycles. The van der Waals surface area contributed by atoms with Gasteiger partial charge in [0.15, 0.2) is 0 Å². The largest absolute Gasteiger partial charge is 0.496 e. The van der Waals surface area contributed by atoms with Crippen molar-refractivity contribution in [2.24, 2.45) is 0 Å². The maximum atomic E-state index is 12.9. The molecule has 9 nitrogen and oxygen atoms in total. The number of anilines is 1. The van der Waals surface area contributed by atoms with Crippen LogP contribution < -0.4 is 10.1 Å². The Morgan fingerprint density at radius 1 is 1.12 bits per heavy atom. The lowest BCUT2D eigenvalue weighted by Crippen LogP contribution is -2.41. The first-order chi connectivity index (χ1) is 15.4. The standard InChI is InChI=1S/C22H24N4O5S/c1-15-7-5-6-14-26(15)32(28,29)17-12-10-16(11-13-17)20(27)23-22-25-24-21(31-22)18-8-3-4-9-19(18)30-2/h3-4,8-13,15H,5-7,14H2,1-2H3,(H,23,25,27)/t15-/m1/s1. The fourth-order valence-corrected chi connectivity index (χ4v) is 5.42. The van der Waals surface area contributed by atoms with E-state index in [0.717, 1.165) is 19.3 Å². The molecule has 10 heteroatoms. The molecule has 0 bridgehead atoms. The van der Waals surface area contributed by atoms with Gasteiger partial charge in [0, 0.05) is 18.2 Å². The number of rotatable bonds is 6. The minimum atomic E-state index is -3.60. The Bertz CT molecular complexity index is 1210. The molecule has 4 rings (SSSR count). The van der Waals surface area contributed by atoms with E-state index < -0.39 is 15.9 Å². The number of hydrogen-bond donors (Lipinski definition) is 1. The van der Waals surface area contributed by atoms with E-state index >= 15 is 0 Å². The molecule has 1 fully saturated rings. The highest BCUT2D eigenvalue weighted by Gasteiger charge is 2.31. The average molecular weight is 457 g/mol. The normalized spacial score (nSPS) is 17.1. The smallest absolute Gasteiger partial charge is 0.322 e. The van der Waals surface area contributed by atoms with Gasteiger partial charge in [0.05, 0.1) is 17.6 Å². The van der Waals surface area contributed by atoms with Gasteiger partial charge in [-0.15, -0.1) is 5.10 Å². The summed E-state index contributed by atoms with van der Waals surface area (Å²) in [6.07, 6.45) is 2.73. The fraction of sp³-hybridized carbons (Fsp3) is 0.318. The number of carbonyl (C=O) groups excluding carboxylic acids is 1. The third-order valence-electron chi connectivity index (χ3n) is 5.45. The summed E-state index contributed by atoms with van der Waals surface area (Å²) in [7, 11) is -2.06. The van der Waals surface area contributed by atoms with Crippen molar-refractivity contribution in [1.29, 1.82) is 0 Å². The fourth-order valence-electron chi connectivity index (χ4n) is 3.72. The maximum absolute atomic E-state index is 12.9. The highest BCUT2D eigenvalue weighted by atomic mass is 32.2. The number of piperidine rings is 1. The second-order valence-electron chi connectivity index (χ2n) is 7.55. The summed E-state index contributed by atoms with van der Waals surface area (Å²) >= 11 is 0. The monoisotopic (exact) mass is 456 g/mol. The highest BCUT2D eigenvalue weighted by molar-refractivity contribution is 7.89. The van der Waals surface area contributed by atoms with Crippen LogP contribution >= 0.6 is 0 Å². The number of nitrogens with zero attached hydrogens (tertiary/aromatic N) is 3. The van der Waals surface area contributed by atoms with Crippen LogP contribution in [0.5, 0.6) is 5.75 Å². The van der Waals surface area contributed by atoms with Gasteiger partial charge >= 0.3 is 6.01 Å². The number of hydrogen-bond acceptors (Lipinski definition) is 7.